The summed E-state index contributed by atoms with van der Waals surface area (Å²) in [5.41, 5.74) is 5.80. The van der Waals surface area contributed by atoms with Crippen LogP contribution in [-0.4, -0.2) is 25.5 Å². The summed E-state index contributed by atoms with van der Waals surface area (Å²) in [6.45, 7) is 1.95. The fourth-order valence-corrected chi connectivity index (χ4v) is 2.45. The zero-order valence-corrected chi connectivity index (χ0v) is 10.2. The smallest absolute Gasteiger partial charge is 0.147 e. The van der Waals surface area contributed by atoms with Gasteiger partial charge in [0.25, 0.3) is 0 Å². The third-order valence-corrected chi connectivity index (χ3v) is 3.89. The van der Waals surface area contributed by atoms with Crippen molar-refractivity contribution in [3.8, 4) is 0 Å². The molecule has 0 atom stereocenters. The van der Waals surface area contributed by atoms with Gasteiger partial charge in [0.15, 0.2) is 0 Å². The molecule has 0 aromatic carbocycles. The highest BCUT2D eigenvalue weighted by Crippen LogP contribution is 2.31. The lowest BCUT2D eigenvalue weighted by Gasteiger charge is -2.31. The van der Waals surface area contributed by atoms with Crippen LogP contribution in [0.3, 0.4) is 0 Å². The monoisotopic (exact) mass is 227 g/mol. The highest BCUT2D eigenvalue weighted by molar-refractivity contribution is 4.83. The number of rotatable bonds is 6. The van der Waals surface area contributed by atoms with E-state index in [1.54, 1.807) is 0 Å². The Kier molecular flexibility index (Phi) is 4.62. The van der Waals surface area contributed by atoms with Crippen LogP contribution in [0.5, 0.6) is 0 Å². The van der Waals surface area contributed by atoms with E-state index in [9.17, 15) is 0 Å². The van der Waals surface area contributed by atoms with Crippen LogP contribution in [0, 0.1) is 5.92 Å². The van der Waals surface area contributed by atoms with Crippen molar-refractivity contribution in [2.75, 3.05) is 19.9 Å². The van der Waals surface area contributed by atoms with Gasteiger partial charge in [-0.2, -0.15) is 0 Å². The molecule has 0 heterocycles. The molecule has 0 amide bonds. The number of ether oxygens (including phenoxy) is 2. The predicted molar refractivity (Wildman–Crippen MR) is 64.1 cm³/mol. The molecule has 2 rings (SSSR count). The van der Waals surface area contributed by atoms with Gasteiger partial charge < -0.3 is 15.2 Å². The maximum absolute atomic E-state index is 5.93. The Morgan fingerprint density at radius 2 is 1.75 bits per heavy atom. The summed E-state index contributed by atoms with van der Waals surface area (Å²) in [6, 6.07) is 0. The first-order chi connectivity index (χ1) is 7.85. The van der Waals surface area contributed by atoms with E-state index in [-0.39, 0.29) is 5.60 Å². The van der Waals surface area contributed by atoms with Crippen molar-refractivity contribution in [2.24, 2.45) is 11.7 Å². The maximum atomic E-state index is 5.93. The van der Waals surface area contributed by atoms with E-state index < -0.39 is 0 Å². The topological polar surface area (TPSA) is 44.5 Å². The Morgan fingerprint density at radius 1 is 1.06 bits per heavy atom. The van der Waals surface area contributed by atoms with Crippen LogP contribution in [0.4, 0.5) is 0 Å². The Hall–Kier alpha value is -0.120. The van der Waals surface area contributed by atoms with Crippen molar-refractivity contribution in [3.05, 3.63) is 0 Å². The van der Waals surface area contributed by atoms with Crippen molar-refractivity contribution in [3.63, 3.8) is 0 Å². The lowest BCUT2D eigenvalue weighted by molar-refractivity contribution is -0.145. The molecule has 2 aliphatic rings. The third-order valence-electron chi connectivity index (χ3n) is 3.89. The zero-order valence-electron chi connectivity index (χ0n) is 10.2. The second kappa shape index (κ2) is 5.99. The molecule has 2 fully saturated rings. The molecule has 2 N–H and O–H groups in total. The summed E-state index contributed by atoms with van der Waals surface area (Å²) >= 11 is 0. The van der Waals surface area contributed by atoms with Crippen LogP contribution >= 0.6 is 0 Å². The van der Waals surface area contributed by atoms with Crippen LogP contribution in [0.2, 0.25) is 0 Å². The Bertz CT molecular complexity index is 196. The van der Waals surface area contributed by atoms with E-state index in [0.29, 0.717) is 13.3 Å². The SMILES string of the molecule is NCC1(OCOCC2CC2)CCCCCC1. The molecular weight excluding hydrogens is 202 g/mol. The van der Waals surface area contributed by atoms with Crippen molar-refractivity contribution in [2.45, 2.75) is 57.0 Å². The molecule has 0 unspecified atom stereocenters. The van der Waals surface area contributed by atoms with Crippen molar-refractivity contribution >= 4 is 0 Å². The first-order valence-corrected chi connectivity index (χ1v) is 6.76. The first kappa shape index (κ1) is 12.3. The van der Waals surface area contributed by atoms with Crippen LogP contribution in [-0.2, 0) is 9.47 Å². The van der Waals surface area contributed by atoms with E-state index in [1.165, 1.54) is 38.5 Å². The van der Waals surface area contributed by atoms with Crippen LogP contribution in [0.1, 0.15) is 51.4 Å². The van der Waals surface area contributed by atoms with Crippen LogP contribution < -0.4 is 5.73 Å². The summed E-state index contributed by atoms with van der Waals surface area (Å²) < 4.78 is 11.5. The molecule has 0 saturated heterocycles. The maximum Gasteiger partial charge on any atom is 0.147 e. The van der Waals surface area contributed by atoms with E-state index >= 15 is 0 Å². The third kappa shape index (κ3) is 3.72. The van der Waals surface area contributed by atoms with Crippen LogP contribution in [0.15, 0.2) is 0 Å². The number of hydrogen-bond donors (Lipinski definition) is 1. The molecule has 2 saturated carbocycles. The minimum atomic E-state index is -0.0833. The Morgan fingerprint density at radius 3 is 2.31 bits per heavy atom. The average molecular weight is 227 g/mol. The van der Waals surface area contributed by atoms with Gasteiger partial charge in [0.1, 0.15) is 6.79 Å². The summed E-state index contributed by atoms with van der Waals surface area (Å²) in [5, 5.41) is 0. The normalized spacial score (nSPS) is 25.3. The predicted octanol–water partition coefficient (Wildman–Crippen LogP) is 2.44. The number of hydrogen-bond acceptors (Lipinski definition) is 3. The molecule has 2 aliphatic carbocycles. The molecule has 0 aliphatic heterocycles. The minimum absolute atomic E-state index is 0.0833. The Balaban J connectivity index is 1.68. The van der Waals surface area contributed by atoms with Gasteiger partial charge in [-0.25, -0.2) is 0 Å². The molecule has 0 radical (unpaired) electrons. The van der Waals surface area contributed by atoms with Gasteiger partial charge in [-0.15, -0.1) is 0 Å². The molecule has 3 heteroatoms. The zero-order chi connectivity index (χ0) is 11.3. The van der Waals surface area contributed by atoms with Crippen LogP contribution in [0.25, 0.3) is 0 Å². The second-order valence-electron chi connectivity index (χ2n) is 5.38. The molecule has 94 valence electrons. The van der Waals surface area contributed by atoms with Gasteiger partial charge >= 0.3 is 0 Å². The molecule has 3 nitrogen and oxygen atoms in total. The summed E-state index contributed by atoms with van der Waals surface area (Å²) in [6.07, 6.45) is 10.0. The lowest BCUT2D eigenvalue weighted by Crippen LogP contribution is -2.41. The average Bonchev–Trinajstić information content (AvgIpc) is 3.13. The van der Waals surface area contributed by atoms with Crippen molar-refractivity contribution < 1.29 is 9.47 Å². The molecule has 0 spiro atoms. The fraction of sp³-hybridized carbons (Fsp3) is 1.00. The van der Waals surface area contributed by atoms with Gasteiger partial charge in [-0.3, -0.25) is 0 Å². The first-order valence-electron chi connectivity index (χ1n) is 6.76. The van der Waals surface area contributed by atoms with E-state index in [0.717, 1.165) is 25.4 Å². The fourth-order valence-electron chi connectivity index (χ4n) is 2.45. The highest BCUT2D eigenvalue weighted by atomic mass is 16.7. The van der Waals surface area contributed by atoms with Gasteiger partial charge in [-0.05, 0) is 31.6 Å². The largest absolute Gasteiger partial charge is 0.355 e. The molecule has 0 aromatic heterocycles. The minimum Gasteiger partial charge on any atom is -0.355 e. The summed E-state index contributed by atoms with van der Waals surface area (Å²) in [7, 11) is 0. The lowest BCUT2D eigenvalue weighted by atomic mass is 9.94. The molecule has 0 aromatic rings. The Labute approximate surface area is 98.7 Å². The molecule has 16 heavy (non-hydrogen) atoms. The summed E-state index contributed by atoms with van der Waals surface area (Å²) in [5.74, 6) is 0.812. The number of nitrogens with two attached hydrogens (primary N) is 1. The van der Waals surface area contributed by atoms with Gasteiger partial charge in [0, 0.05) is 6.54 Å². The second-order valence-corrected chi connectivity index (χ2v) is 5.38. The molecular formula is C13H25NO2. The van der Waals surface area contributed by atoms with Gasteiger partial charge in [0.05, 0.1) is 12.2 Å². The van der Waals surface area contributed by atoms with E-state index in [2.05, 4.69) is 0 Å². The quantitative estimate of drug-likeness (QED) is 0.430. The standard InChI is InChI=1S/C13H25NO2/c14-10-13(7-3-1-2-4-8-13)16-11-15-9-12-5-6-12/h12H,1-11,14H2. The van der Waals surface area contributed by atoms with Gasteiger partial charge in [0.2, 0.25) is 0 Å². The van der Waals surface area contributed by atoms with Crippen molar-refractivity contribution in [1.29, 1.82) is 0 Å². The van der Waals surface area contributed by atoms with E-state index in [1.807, 2.05) is 0 Å². The summed E-state index contributed by atoms with van der Waals surface area (Å²) in [4.78, 5) is 0. The van der Waals surface area contributed by atoms with Gasteiger partial charge in [-0.1, -0.05) is 25.7 Å². The van der Waals surface area contributed by atoms with E-state index in [4.69, 9.17) is 15.2 Å². The van der Waals surface area contributed by atoms with Crippen molar-refractivity contribution in [1.82, 2.24) is 0 Å². The highest BCUT2D eigenvalue weighted by Gasteiger charge is 2.30. The molecule has 0 bridgehead atoms.